The molecule has 2 aliphatic rings. The monoisotopic (exact) mass is 304 g/mol. The van der Waals surface area contributed by atoms with Crippen LogP contribution in [0.2, 0.25) is 0 Å². The molecule has 3 rings (SSSR count). The highest BCUT2D eigenvalue weighted by Gasteiger charge is 2.32. The molecule has 1 amide bonds. The van der Waals surface area contributed by atoms with E-state index < -0.39 is 0 Å². The van der Waals surface area contributed by atoms with Crippen molar-refractivity contribution in [3.8, 4) is 5.88 Å². The van der Waals surface area contributed by atoms with E-state index in [9.17, 15) is 4.79 Å². The van der Waals surface area contributed by atoms with Gasteiger partial charge < -0.3 is 15.0 Å². The number of hydrogen-bond donors (Lipinski definition) is 1. The zero-order valence-corrected chi connectivity index (χ0v) is 13.1. The third-order valence-electron chi connectivity index (χ3n) is 4.49. The Morgan fingerprint density at radius 2 is 2.18 bits per heavy atom. The van der Waals surface area contributed by atoms with Crippen molar-refractivity contribution in [2.24, 2.45) is 5.92 Å². The van der Waals surface area contributed by atoms with Crippen molar-refractivity contribution in [3.05, 3.63) is 12.4 Å². The Bertz CT molecular complexity index is 517. The molecule has 0 bridgehead atoms. The second kappa shape index (κ2) is 6.94. The van der Waals surface area contributed by atoms with Crippen LogP contribution in [-0.2, 0) is 4.79 Å². The standard InChI is InChI=1S/C16H24N4O2/c1-2-22-15-9-14(17-11-18-15)19-13-7-8-20(10-13)16(21)12-5-3-4-6-12/h9,11-13H,2-8,10H2,1H3,(H,17,18,19)/t13-/m0/s1. The van der Waals surface area contributed by atoms with Crippen molar-refractivity contribution in [1.29, 1.82) is 0 Å². The summed E-state index contributed by atoms with van der Waals surface area (Å²) in [5, 5.41) is 3.39. The predicted octanol–water partition coefficient (Wildman–Crippen LogP) is 2.08. The van der Waals surface area contributed by atoms with Crippen molar-refractivity contribution < 1.29 is 9.53 Å². The summed E-state index contributed by atoms with van der Waals surface area (Å²) in [5.41, 5.74) is 0. The Morgan fingerprint density at radius 1 is 1.36 bits per heavy atom. The Labute approximate surface area is 131 Å². The van der Waals surface area contributed by atoms with Gasteiger partial charge in [-0.3, -0.25) is 4.79 Å². The lowest BCUT2D eigenvalue weighted by Gasteiger charge is -2.20. The van der Waals surface area contributed by atoms with Gasteiger partial charge in [0.25, 0.3) is 0 Å². The van der Waals surface area contributed by atoms with E-state index in [1.165, 1.54) is 19.2 Å². The van der Waals surface area contributed by atoms with Crippen LogP contribution < -0.4 is 10.1 Å². The molecule has 120 valence electrons. The number of rotatable bonds is 5. The van der Waals surface area contributed by atoms with Crippen molar-refractivity contribution in [2.75, 3.05) is 25.0 Å². The zero-order valence-electron chi connectivity index (χ0n) is 13.1. The third kappa shape index (κ3) is 3.48. The molecule has 6 heteroatoms. The van der Waals surface area contributed by atoms with Crippen LogP contribution >= 0.6 is 0 Å². The van der Waals surface area contributed by atoms with Gasteiger partial charge in [0.15, 0.2) is 0 Å². The quantitative estimate of drug-likeness (QED) is 0.902. The van der Waals surface area contributed by atoms with Gasteiger partial charge in [0.2, 0.25) is 11.8 Å². The number of amides is 1. The summed E-state index contributed by atoms with van der Waals surface area (Å²) in [6.45, 7) is 4.13. The van der Waals surface area contributed by atoms with Gasteiger partial charge in [-0.2, -0.15) is 0 Å². The second-order valence-electron chi connectivity index (χ2n) is 6.07. The Hall–Kier alpha value is -1.85. The summed E-state index contributed by atoms with van der Waals surface area (Å²) in [6.07, 6.45) is 7.00. The van der Waals surface area contributed by atoms with Crippen LogP contribution in [0, 0.1) is 5.92 Å². The first-order chi connectivity index (χ1) is 10.8. The lowest BCUT2D eigenvalue weighted by Crippen LogP contribution is -2.35. The molecule has 1 saturated heterocycles. The van der Waals surface area contributed by atoms with Crippen LogP contribution in [0.5, 0.6) is 5.88 Å². The average Bonchev–Trinajstić information content (AvgIpc) is 3.19. The van der Waals surface area contributed by atoms with Crippen LogP contribution in [0.4, 0.5) is 5.82 Å². The first-order valence-corrected chi connectivity index (χ1v) is 8.26. The van der Waals surface area contributed by atoms with Crippen LogP contribution in [0.25, 0.3) is 0 Å². The summed E-state index contributed by atoms with van der Waals surface area (Å²) in [5.74, 6) is 1.96. The van der Waals surface area contributed by atoms with Gasteiger partial charge in [-0.1, -0.05) is 12.8 Å². The number of aromatic nitrogens is 2. The number of nitrogens with zero attached hydrogens (tertiary/aromatic N) is 3. The summed E-state index contributed by atoms with van der Waals surface area (Å²) in [4.78, 5) is 22.7. The first-order valence-electron chi connectivity index (χ1n) is 8.26. The first kappa shape index (κ1) is 15.1. The lowest BCUT2D eigenvalue weighted by atomic mass is 10.1. The van der Waals surface area contributed by atoms with Crippen LogP contribution in [0.3, 0.4) is 0 Å². The summed E-state index contributed by atoms with van der Waals surface area (Å²) in [6, 6.07) is 2.07. The Morgan fingerprint density at radius 3 is 2.95 bits per heavy atom. The maximum atomic E-state index is 12.4. The molecule has 1 saturated carbocycles. The number of carbonyl (C=O) groups is 1. The molecule has 0 radical (unpaired) electrons. The van der Waals surface area contributed by atoms with E-state index in [0.717, 1.165) is 38.2 Å². The molecule has 22 heavy (non-hydrogen) atoms. The van der Waals surface area contributed by atoms with E-state index in [0.29, 0.717) is 18.4 Å². The van der Waals surface area contributed by atoms with Gasteiger partial charge in [0.05, 0.1) is 6.61 Å². The molecule has 1 aromatic rings. The molecule has 6 nitrogen and oxygen atoms in total. The fraction of sp³-hybridized carbons (Fsp3) is 0.688. The second-order valence-corrected chi connectivity index (χ2v) is 6.07. The lowest BCUT2D eigenvalue weighted by molar-refractivity contribution is -0.134. The minimum absolute atomic E-state index is 0.259. The molecular formula is C16H24N4O2. The molecule has 1 aliphatic carbocycles. The van der Waals surface area contributed by atoms with E-state index in [4.69, 9.17) is 4.74 Å². The van der Waals surface area contributed by atoms with Crippen molar-refractivity contribution in [3.63, 3.8) is 0 Å². The largest absolute Gasteiger partial charge is 0.478 e. The highest BCUT2D eigenvalue weighted by molar-refractivity contribution is 5.79. The number of hydrogen-bond acceptors (Lipinski definition) is 5. The number of carbonyl (C=O) groups excluding carboxylic acids is 1. The Kier molecular flexibility index (Phi) is 4.75. The van der Waals surface area contributed by atoms with Crippen LogP contribution in [0.15, 0.2) is 12.4 Å². The summed E-state index contributed by atoms with van der Waals surface area (Å²) in [7, 11) is 0. The smallest absolute Gasteiger partial charge is 0.225 e. The fourth-order valence-electron chi connectivity index (χ4n) is 3.36. The van der Waals surface area contributed by atoms with E-state index in [2.05, 4.69) is 15.3 Å². The predicted molar refractivity (Wildman–Crippen MR) is 83.8 cm³/mol. The highest BCUT2D eigenvalue weighted by Crippen LogP contribution is 2.28. The maximum absolute atomic E-state index is 12.4. The van der Waals surface area contributed by atoms with Gasteiger partial charge in [0, 0.05) is 31.1 Å². The number of anilines is 1. The van der Waals surface area contributed by atoms with Gasteiger partial charge in [-0.05, 0) is 26.2 Å². The summed E-state index contributed by atoms with van der Waals surface area (Å²) >= 11 is 0. The van der Waals surface area contributed by atoms with Crippen molar-refractivity contribution >= 4 is 11.7 Å². The fourth-order valence-corrected chi connectivity index (χ4v) is 3.36. The molecule has 1 N–H and O–H groups in total. The minimum Gasteiger partial charge on any atom is -0.478 e. The molecule has 0 spiro atoms. The van der Waals surface area contributed by atoms with Crippen LogP contribution in [-0.4, -0.2) is 46.5 Å². The maximum Gasteiger partial charge on any atom is 0.225 e. The minimum atomic E-state index is 0.259. The molecule has 2 fully saturated rings. The topological polar surface area (TPSA) is 67.3 Å². The third-order valence-corrected chi connectivity index (χ3v) is 4.49. The molecule has 0 aromatic carbocycles. The van der Waals surface area contributed by atoms with E-state index in [1.54, 1.807) is 0 Å². The van der Waals surface area contributed by atoms with Gasteiger partial charge in [0.1, 0.15) is 12.1 Å². The van der Waals surface area contributed by atoms with E-state index in [-0.39, 0.29) is 12.0 Å². The number of nitrogens with one attached hydrogen (secondary N) is 1. The van der Waals surface area contributed by atoms with E-state index in [1.807, 2.05) is 17.9 Å². The van der Waals surface area contributed by atoms with Crippen molar-refractivity contribution in [2.45, 2.75) is 45.1 Å². The van der Waals surface area contributed by atoms with E-state index >= 15 is 0 Å². The SMILES string of the molecule is CCOc1cc(N[C@H]2CCN(C(=O)C3CCCC3)C2)ncn1. The Balaban J connectivity index is 1.54. The molecule has 2 heterocycles. The number of ether oxygens (including phenoxy) is 1. The number of likely N-dealkylation sites (tertiary alicyclic amines) is 1. The van der Waals surface area contributed by atoms with Crippen LogP contribution in [0.1, 0.15) is 39.0 Å². The molecule has 1 aliphatic heterocycles. The molecule has 0 unspecified atom stereocenters. The zero-order chi connectivity index (χ0) is 15.4. The average molecular weight is 304 g/mol. The molecule has 1 atom stereocenters. The van der Waals surface area contributed by atoms with Gasteiger partial charge >= 0.3 is 0 Å². The molecule has 1 aromatic heterocycles. The highest BCUT2D eigenvalue weighted by atomic mass is 16.5. The normalized spacial score (nSPS) is 22.0. The van der Waals surface area contributed by atoms with Gasteiger partial charge in [-0.25, -0.2) is 9.97 Å². The van der Waals surface area contributed by atoms with Crippen molar-refractivity contribution in [1.82, 2.24) is 14.9 Å². The summed E-state index contributed by atoms with van der Waals surface area (Å²) < 4.78 is 5.38. The molecular weight excluding hydrogens is 280 g/mol. The van der Waals surface area contributed by atoms with Gasteiger partial charge in [-0.15, -0.1) is 0 Å².